The highest BCUT2D eigenvalue weighted by Crippen LogP contribution is 2.30. The molecule has 0 aliphatic heterocycles. The molecular weight excluding hydrogens is 254 g/mol. The van der Waals surface area contributed by atoms with Gasteiger partial charge in [-0.05, 0) is 38.1 Å². The Morgan fingerprint density at radius 1 is 1.00 bits per heavy atom. The number of nitrogens with one attached hydrogen (secondary N) is 2. The van der Waals surface area contributed by atoms with Gasteiger partial charge in [0.15, 0.2) is 0 Å². The Morgan fingerprint density at radius 3 is 2.45 bits per heavy atom. The van der Waals surface area contributed by atoms with Gasteiger partial charge in [-0.3, -0.25) is 9.59 Å². The minimum absolute atomic E-state index is 0.00230. The second-order valence-corrected chi connectivity index (χ2v) is 6.15. The summed E-state index contributed by atoms with van der Waals surface area (Å²) in [5.41, 5.74) is 5.68. The molecule has 2 aliphatic carbocycles. The number of nitrogens with two attached hydrogens (primary N) is 1. The van der Waals surface area contributed by atoms with E-state index in [1.54, 1.807) is 0 Å². The zero-order chi connectivity index (χ0) is 14.4. The molecule has 4 N–H and O–H groups in total. The average Bonchev–Trinajstić information content (AvgIpc) is 2.94. The van der Waals surface area contributed by atoms with E-state index in [1.807, 2.05) is 0 Å². The van der Waals surface area contributed by atoms with Crippen molar-refractivity contribution < 1.29 is 9.59 Å². The van der Waals surface area contributed by atoms with Crippen LogP contribution in [0, 0.1) is 11.8 Å². The zero-order valence-electron chi connectivity index (χ0n) is 12.2. The smallest absolute Gasteiger partial charge is 0.239 e. The Balaban J connectivity index is 1.68. The molecule has 114 valence electrons. The molecule has 0 unspecified atom stereocenters. The topological polar surface area (TPSA) is 84.2 Å². The van der Waals surface area contributed by atoms with Crippen LogP contribution in [0.3, 0.4) is 0 Å². The lowest BCUT2D eigenvalue weighted by Crippen LogP contribution is -2.44. The minimum atomic E-state index is -0.0625. The summed E-state index contributed by atoms with van der Waals surface area (Å²) in [6.45, 7) is 0.662. The molecule has 0 aromatic heterocycles. The fourth-order valence-electron chi connectivity index (χ4n) is 3.49. The van der Waals surface area contributed by atoms with Crippen molar-refractivity contribution >= 4 is 11.8 Å². The molecule has 5 nitrogen and oxygen atoms in total. The molecule has 2 atom stereocenters. The van der Waals surface area contributed by atoms with Crippen molar-refractivity contribution in [2.45, 2.75) is 57.4 Å². The minimum Gasteiger partial charge on any atom is -0.352 e. The molecule has 2 fully saturated rings. The number of rotatable bonds is 5. The standard InChI is InChI=1S/C15H27N3O2/c16-9-11-5-4-8-13(11)15(20)17-10-14(19)18-12-6-2-1-3-7-12/h11-13H,1-10,16H2,(H,17,20)(H,18,19)/t11-,13-/m1/s1. The van der Waals surface area contributed by atoms with Gasteiger partial charge < -0.3 is 16.4 Å². The van der Waals surface area contributed by atoms with Gasteiger partial charge in [0, 0.05) is 12.0 Å². The lowest BCUT2D eigenvalue weighted by atomic mass is 9.95. The number of carbonyl (C=O) groups excluding carboxylic acids is 2. The number of hydrogen-bond donors (Lipinski definition) is 3. The van der Waals surface area contributed by atoms with Crippen LogP contribution in [0.25, 0.3) is 0 Å². The first-order chi connectivity index (χ1) is 9.70. The number of hydrogen-bond acceptors (Lipinski definition) is 3. The lowest BCUT2D eigenvalue weighted by Gasteiger charge is -2.23. The lowest BCUT2D eigenvalue weighted by molar-refractivity contribution is -0.129. The van der Waals surface area contributed by atoms with Crippen LogP contribution >= 0.6 is 0 Å². The Kier molecular flexibility index (Phi) is 5.83. The fraction of sp³-hybridized carbons (Fsp3) is 0.867. The Labute approximate surface area is 121 Å². The molecule has 5 heteroatoms. The third-order valence-electron chi connectivity index (χ3n) is 4.69. The summed E-state index contributed by atoms with van der Waals surface area (Å²) in [4.78, 5) is 23.9. The van der Waals surface area contributed by atoms with Crippen LogP contribution in [-0.2, 0) is 9.59 Å². The van der Waals surface area contributed by atoms with Gasteiger partial charge in [-0.2, -0.15) is 0 Å². The summed E-state index contributed by atoms with van der Waals surface area (Å²) in [5.74, 6) is 0.225. The van der Waals surface area contributed by atoms with Gasteiger partial charge >= 0.3 is 0 Å². The van der Waals surface area contributed by atoms with Crippen LogP contribution in [0.4, 0.5) is 0 Å². The molecule has 2 saturated carbocycles. The van der Waals surface area contributed by atoms with E-state index in [0.717, 1.165) is 32.1 Å². The van der Waals surface area contributed by atoms with Crippen LogP contribution in [0.1, 0.15) is 51.4 Å². The predicted molar refractivity (Wildman–Crippen MR) is 77.9 cm³/mol. The quantitative estimate of drug-likeness (QED) is 0.701. The molecule has 0 bridgehead atoms. The van der Waals surface area contributed by atoms with E-state index in [-0.39, 0.29) is 30.2 Å². The molecule has 2 rings (SSSR count). The van der Waals surface area contributed by atoms with E-state index >= 15 is 0 Å². The maximum Gasteiger partial charge on any atom is 0.239 e. The third-order valence-corrected chi connectivity index (χ3v) is 4.69. The van der Waals surface area contributed by atoms with E-state index in [2.05, 4.69) is 10.6 Å². The average molecular weight is 281 g/mol. The SMILES string of the molecule is NC[C@H]1CCC[C@H]1C(=O)NCC(=O)NC1CCCCC1. The Bertz CT molecular complexity index is 340. The fourth-order valence-corrected chi connectivity index (χ4v) is 3.49. The molecular formula is C15H27N3O2. The van der Waals surface area contributed by atoms with E-state index < -0.39 is 0 Å². The van der Waals surface area contributed by atoms with Gasteiger partial charge in [0.25, 0.3) is 0 Å². The second kappa shape index (κ2) is 7.62. The van der Waals surface area contributed by atoms with Crippen molar-refractivity contribution in [2.24, 2.45) is 17.6 Å². The third kappa shape index (κ3) is 4.20. The predicted octanol–water partition coefficient (Wildman–Crippen LogP) is 0.926. The molecule has 2 aliphatic rings. The first-order valence-corrected chi connectivity index (χ1v) is 7.98. The number of amides is 2. The van der Waals surface area contributed by atoms with Gasteiger partial charge in [0.1, 0.15) is 0 Å². The van der Waals surface area contributed by atoms with E-state index in [0.29, 0.717) is 12.6 Å². The number of carbonyl (C=O) groups is 2. The summed E-state index contributed by atoms with van der Waals surface area (Å²) in [5, 5.41) is 5.78. The van der Waals surface area contributed by atoms with Crippen molar-refractivity contribution in [1.82, 2.24) is 10.6 Å². The molecule has 0 radical (unpaired) electrons. The van der Waals surface area contributed by atoms with E-state index in [1.165, 1.54) is 19.3 Å². The molecule has 0 saturated heterocycles. The monoisotopic (exact) mass is 281 g/mol. The van der Waals surface area contributed by atoms with Crippen LogP contribution in [0.15, 0.2) is 0 Å². The molecule has 0 heterocycles. The van der Waals surface area contributed by atoms with Crippen molar-refractivity contribution in [1.29, 1.82) is 0 Å². The van der Waals surface area contributed by atoms with Gasteiger partial charge in [0.05, 0.1) is 6.54 Å². The molecule has 0 spiro atoms. The van der Waals surface area contributed by atoms with E-state index in [4.69, 9.17) is 5.73 Å². The Morgan fingerprint density at radius 2 is 1.75 bits per heavy atom. The summed E-state index contributed by atoms with van der Waals surface area (Å²) in [6, 6.07) is 0.302. The van der Waals surface area contributed by atoms with Crippen molar-refractivity contribution in [3.63, 3.8) is 0 Å². The van der Waals surface area contributed by atoms with Crippen molar-refractivity contribution in [2.75, 3.05) is 13.1 Å². The van der Waals surface area contributed by atoms with E-state index in [9.17, 15) is 9.59 Å². The highest BCUT2D eigenvalue weighted by Gasteiger charge is 2.31. The highest BCUT2D eigenvalue weighted by atomic mass is 16.2. The molecule has 2 amide bonds. The Hall–Kier alpha value is -1.10. The molecule has 20 heavy (non-hydrogen) atoms. The van der Waals surface area contributed by atoms with Crippen LogP contribution < -0.4 is 16.4 Å². The maximum absolute atomic E-state index is 12.1. The zero-order valence-corrected chi connectivity index (χ0v) is 12.2. The van der Waals surface area contributed by atoms with Gasteiger partial charge in [-0.15, -0.1) is 0 Å². The highest BCUT2D eigenvalue weighted by molar-refractivity contribution is 5.86. The van der Waals surface area contributed by atoms with Crippen LogP contribution in [-0.4, -0.2) is 30.9 Å². The summed E-state index contributed by atoms with van der Waals surface area (Å²) >= 11 is 0. The summed E-state index contributed by atoms with van der Waals surface area (Å²) in [6.07, 6.45) is 8.78. The van der Waals surface area contributed by atoms with Crippen molar-refractivity contribution in [3.05, 3.63) is 0 Å². The molecule has 0 aromatic rings. The first-order valence-electron chi connectivity index (χ1n) is 7.98. The van der Waals surface area contributed by atoms with Crippen molar-refractivity contribution in [3.8, 4) is 0 Å². The largest absolute Gasteiger partial charge is 0.352 e. The second-order valence-electron chi connectivity index (χ2n) is 6.15. The summed E-state index contributed by atoms with van der Waals surface area (Å²) in [7, 11) is 0. The van der Waals surface area contributed by atoms with Gasteiger partial charge in [0.2, 0.25) is 11.8 Å². The van der Waals surface area contributed by atoms with Crippen LogP contribution in [0.2, 0.25) is 0 Å². The maximum atomic E-state index is 12.1. The van der Waals surface area contributed by atoms with Crippen LogP contribution in [0.5, 0.6) is 0 Å². The molecule has 0 aromatic carbocycles. The summed E-state index contributed by atoms with van der Waals surface area (Å²) < 4.78 is 0. The normalized spacial score (nSPS) is 27.2. The van der Waals surface area contributed by atoms with Gasteiger partial charge in [-0.1, -0.05) is 25.7 Å². The van der Waals surface area contributed by atoms with Gasteiger partial charge in [-0.25, -0.2) is 0 Å². The first kappa shape index (κ1) is 15.3.